The molecule has 168 valence electrons. The lowest BCUT2D eigenvalue weighted by molar-refractivity contribution is -0.120. The van der Waals surface area contributed by atoms with E-state index >= 15 is 0 Å². The largest absolute Gasteiger partial charge is 0.368 e. The van der Waals surface area contributed by atoms with Crippen LogP contribution in [0.3, 0.4) is 0 Å². The second-order valence-corrected chi connectivity index (χ2v) is 8.56. The van der Waals surface area contributed by atoms with E-state index in [1.165, 1.54) is 17.4 Å². The second kappa shape index (κ2) is 9.53. The van der Waals surface area contributed by atoms with E-state index in [0.29, 0.717) is 34.6 Å². The van der Waals surface area contributed by atoms with Gasteiger partial charge in [-0.05, 0) is 37.1 Å². The summed E-state index contributed by atoms with van der Waals surface area (Å²) in [5.41, 5.74) is 1.09. The third-order valence-corrected chi connectivity index (χ3v) is 6.40. The fourth-order valence-corrected chi connectivity index (χ4v) is 4.35. The van der Waals surface area contributed by atoms with Crippen LogP contribution in [0, 0.1) is 5.82 Å². The summed E-state index contributed by atoms with van der Waals surface area (Å²) in [6.07, 6.45) is 3.44. The van der Waals surface area contributed by atoms with E-state index in [0.717, 1.165) is 19.3 Å². The number of rotatable bonds is 9. The molecule has 3 aromatic heterocycles. The predicted molar refractivity (Wildman–Crippen MR) is 119 cm³/mol. The Labute approximate surface area is 188 Å². The topological polar surface area (TPSA) is 125 Å². The molecule has 32 heavy (non-hydrogen) atoms. The molecular weight excluding hydrogens is 433 g/mol. The van der Waals surface area contributed by atoms with Crippen molar-refractivity contribution in [2.24, 2.45) is 0 Å². The maximum atomic E-state index is 14.3. The van der Waals surface area contributed by atoms with E-state index in [1.54, 1.807) is 36.8 Å². The fraction of sp³-hybridized carbons (Fsp3) is 0.381. The molecule has 4 rings (SSSR count). The van der Waals surface area contributed by atoms with Gasteiger partial charge in [-0.25, -0.2) is 9.37 Å². The first-order valence-corrected chi connectivity index (χ1v) is 11.2. The highest BCUT2D eigenvalue weighted by Crippen LogP contribution is 2.43. The molecule has 3 aromatic rings. The van der Waals surface area contributed by atoms with Crippen molar-refractivity contribution in [2.45, 2.75) is 37.3 Å². The standard InChI is InChI=1S/C21H24FN7O2S/c1-23-17(30)10-13-11-32-20(26-13)27-19(31)15-5-6-16(29-28-15)25-12-21(7-3-8-21)18-14(22)4-2-9-24-18/h2,4-6,9,11,19,31H,3,7-8,10,12H2,1H3,(H,23,30)(H,25,29)(H,26,27). The van der Waals surface area contributed by atoms with Crippen LogP contribution in [-0.4, -0.2) is 44.8 Å². The van der Waals surface area contributed by atoms with Crippen LogP contribution in [0.25, 0.3) is 0 Å². The van der Waals surface area contributed by atoms with Gasteiger partial charge in [-0.2, -0.15) is 0 Å². The molecule has 11 heteroatoms. The van der Waals surface area contributed by atoms with Crippen LogP contribution < -0.4 is 16.0 Å². The molecule has 1 amide bonds. The number of hydrogen-bond donors (Lipinski definition) is 4. The first-order valence-electron chi connectivity index (χ1n) is 10.3. The Balaban J connectivity index is 1.35. The van der Waals surface area contributed by atoms with Crippen molar-refractivity contribution in [1.82, 2.24) is 25.5 Å². The minimum Gasteiger partial charge on any atom is -0.368 e. The third kappa shape index (κ3) is 4.83. The maximum Gasteiger partial charge on any atom is 0.225 e. The Morgan fingerprint density at radius 2 is 2.16 bits per heavy atom. The molecular formula is C21H24FN7O2S. The average Bonchev–Trinajstić information content (AvgIpc) is 3.21. The van der Waals surface area contributed by atoms with Crippen LogP contribution in [0.2, 0.25) is 0 Å². The number of aromatic nitrogens is 4. The van der Waals surface area contributed by atoms with Gasteiger partial charge in [0, 0.05) is 30.6 Å². The number of carbonyl (C=O) groups excluding carboxylic acids is 1. The molecule has 0 spiro atoms. The number of thiazole rings is 1. The van der Waals surface area contributed by atoms with Gasteiger partial charge in [0.05, 0.1) is 17.8 Å². The zero-order valence-corrected chi connectivity index (χ0v) is 18.3. The molecule has 1 aliphatic rings. The molecule has 9 nitrogen and oxygen atoms in total. The molecule has 0 radical (unpaired) electrons. The molecule has 0 saturated heterocycles. The molecule has 1 atom stereocenters. The predicted octanol–water partition coefficient (Wildman–Crippen LogP) is 2.39. The highest BCUT2D eigenvalue weighted by atomic mass is 32.1. The number of likely N-dealkylation sites (N-methyl/N-ethyl adjacent to an activating group) is 1. The van der Waals surface area contributed by atoms with Gasteiger partial charge in [0.25, 0.3) is 0 Å². The molecule has 1 unspecified atom stereocenters. The Bertz CT molecular complexity index is 1070. The SMILES string of the molecule is CNC(=O)Cc1csc(NC(O)c2ccc(NCC3(c4ncccc4F)CCC3)nn2)n1. The minimum atomic E-state index is -1.10. The summed E-state index contributed by atoms with van der Waals surface area (Å²) >= 11 is 1.29. The van der Waals surface area contributed by atoms with Crippen LogP contribution in [0.1, 0.15) is 42.6 Å². The lowest BCUT2D eigenvalue weighted by Gasteiger charge is -2.41. The van der Waals surface area contributed by atoms with Gasteiger partial charge >= 0.3 is 0 Å². The quantitative estimate of drug-likeness (QED) is 0.361. The number of hydrogen-bond acceptors (Lipinski definition) is 9. The number of nitrogens with zero attached hydrogens (tertiary/aromatic N) is 4. The van der Waals surface area contributed by atoms with Crippen molar-refractivity contribution in [3.8, 4) is 0 Å². The molecule has 0 bridgehead atoms. The monoisotopic (exact) mass is 457 g/mol. The van der Waals surface area contributed by atoms with Gasteiger partial charge in [-0.1, -0.05) is 6.42 Å². The summed E-state index contributed by atoms with van der Waals surface area (Å²) in [5, 5.41) is 29.4. The molecule has 4 N–H and O–H groups in total. The molecule has 0 aromatic carbocycles. The van der Waals surface area contributed by atoms with Gasteiger partial charge in [-0.3, -0.25) is 9.78 Å². The van der Waals surface area contributed by atoms with E-state index in [2.05, 4.69) is 36.1 Å². The van der Waals surface area contributed by atoms with Gasteiger partial charge in [0.15, 0.2) is 11.4 Å². The van der Waals surface area contributed by atoms with Crippen molar-refractivity contribution in [3.63, 3.8) is 0 Å². The molecule has 1 saturated carbocycles. The van der Waals surface area contributed by atoms with E-state index in [4.69, 9.17) is 0 Å². The van der Waals surface area contributed by atoms with Crippen LogP contribution in [0.15, 0.2) is 35.8 Å². The highest BCUT2D eigenvalue weighted by molar-refractivity contribution is 7.13. The van der Waals surface area contributed by atoms with Crippen molar-refractivity contribution >= 4 is 28.2 Å². The Kier molecular flexibility index (Phi) is 6.56. The smallest absolute Gasteiger partial charge is 0.225 e. The van der Waals surface area contributed by atoms with Crippen LogP contribution in [0.4, 0.5) is 15.3 Å². The zero-order chi connectivity index (χ0) is 22.6. The summed E-state index contributed by atoms with van der Waals surface area (Å²) in [5.74, 6) is 0.113. The lowest BCUT2D eigenvalue weighted by Crippen LogP contribution is -2.42. The number of amides is 1. The average molecular weight is 458 g/mol. The molecule has 1 aliphatic carbocycles. The van der Waals surface area contributed by atoms with E-state index in [9.17, 15) is 14.3 Å². The summed E-state index contributed by atoms with van der Waals surface area (Å²) in [6.45, 7) is 0.503. The van der Waals surface area contributed by atoms with Crippen molar-refractivity contribution in [1.29, 1.82) is 0 Å². The van der Waals surface area contributed by atoms with Crippen LogP contribution >= 0.6 is 11.3 Å². The first-order chi connectivity index (χ1) is 15.5. The summed E-state index contributed by atoms with van der Waals surface area (Å²) in [7, 11) is 1.57. The number of carbonyl (C=O) groups is 1. The maximum absolute atomic E-state index is 14.3. The fourth-order valence-electron chi connectivity index (χ4n) is 3.62. The summed E-state index contributed by atoms with van der Waals surface area (Å²) in [4.78, 5) is 20.0. The number of nitrogens with one attached hydrogen (secondary N) is 3. The molecule has 0 aliphatic heterocycles. The van der Waals surface area contributed by atoms with Crippen LogP contribution in [-0.2, 0) is 16.6 Å². The van der Waals surface area contributed by atoms with Gasteiger partial charge in [0.2, 0.25) is 5.91 Å². The Morgan fingerprint density at radius 1 is 1.31 bits per heavy atom. The van der Waals surface area contributed by atoms with E-state index in [-0.39, 0.29) is 23.6 Å². The van der Waals surface area contributed by atoms with E-state index < -0.39 is 6.23 Å². The highest BCUT2D eigenvalue weighted by Gasteiger charge is 2.41. The van der Waals surface area contributed by atoms with Gasteiger partial charge < -0.3 is 21.1 Å². The Hall–Kier alpha value is -3.18. The van der Waals surface area contributed by atoms with Crippen LogP contribution in [0.5, 0.6) is 0 Å². The number of anilines is 2. The Morgan fingerprint density at radius 3 is 2.81 bits per heavy atom. The second-order valence-electron chi connectivity index (χ2n) is 7.71. The van der Waals surface area contributed by atoms with E-state index in [1.807, 2.05) is 0 Å². The number of pyridine rings is 1. The molecule has 3 heterocycles. The van der Waals surface area contributed by atoms with Gasteiger partial charge in [-0.15, -0.1) is 21.5 Å². The van der Waals surface area contributed by atoms with Gasteiger partial charge in [0.1, 0.15) is 17.3 Å². The third-order valence-electron chi connectivity index (χ3n) is 5.58. The zero-order valence-electron chi connectivity index (χ0n) is 17.5. The lowest BCUT2D eigenvalue weighted by atomic mass is 9.66. The van der Waals surface area contributed by atoms with Crippen molar-refractivity contribution < 1.29 is 14.3 Å². The number of aliphatic hydroxyl groups is 1. The summed E-state index contributed by atoms with van der Waals surface area (Å²) in [6, 6.07) is 6.40. The minimum absolute atomic E-state index is 0.134. The normalized spacial score (nSPS) is 15.5. The first kappa shape index (κ1) is 22.0. The number of aliphatic hydroxyl groups excluding tert-OH is 1. The number of halogens is 1. The molecule has 1 fully saturated rings. The van der Waals surface area contributed by atoms with Crippen molar-refractivity contribution in [3.05, 3.63) is 58.7 Å². The summed E-state index contributed by atoms with van der Waals surface area (Å²) < 4.78 is 14.3. The van der Waals surface area contributed by atoms with Crippen molar-refractivity contribution in [2.75, 3.05) is 24.2 Å².